The molecular formula is C43H44IrNO2-. The molecular weight excluding hydrogens is 755 g/mol. The minimum atomic E-state index is -0.144. The largest absolute Gasteiger partial charge is 0.512 e. The Balaban J connectivity index is 0.000000234. The van der Waals surface area contributed by atoms with Crippen molar-refractivity contribution in [1.82, 2.24) is 4.98 Å². The Hall–Kier alpha value is -3.85. The van der Waals surface area contributed by atoms with Crippen LogP contribution in [0.25, 0.3) is 54.3 Å². The second kappa shape index (κ2) is 14.1. The van der Waals surface area contributed by atoms with Gasteiger partial charge >= 0.3 is 0 Å². The maximum atomic E-state index is 11.7. The van der Waals surface area contributed by atoms with Crippen molar-refractivity contribution in [3.05, 3.63) is 114 Å². The molecule has 1 N–H and O–H groups in total. The molecule has 0 bridgehead atoms. The summed E-state index contributed by atoms with van der Waals surface area (Å²) in [6.45, 7) is 12.8. The summed E-state index contributed by atoms with van der Waals surface area (Å²) in [5.41, 5.74) is 4.71. The van der Waals surface area contributed by atoms with Gasteiger partial charge in [0.2, 0.25) is 0 Å². The number of ketones is 1. The molecule has 1 aliphatic rings. The number of aliphatic hydroxyl groups is 1. The zero-order valence-electron chi connectivity index (χ0n) is 28.3. The van der Waals surface area contributed by atoms with Gasteiger partial charge in [-0.05, 0) is 75.0 Å². The van der Waals surface area contributed by atoms with Gasteiger partial charge in [-0.2, -0.15) is 0 Å². The number of fused-ring (bicyclic) bond motifs is 7. The summed E-state index contributed by atoms with van der Waals surface area (Å²) in [6, 6.07) is 32.4. The van der Waals surface area contributed by atoms with E-state index in [2.05, 4.69) is 98.8 Å². The van der Waals surface area contributed by atoms with Crippen LogP contribution in [-0.4, -0.2) is 15.9 Å². The van der Waals surface area contributed by atoms with Gasteiger partial charge in [0.05, 0.1) is 5.76 Å². The number of hydrogen-bond donors (Lipinski definition) is 1. The van der Waals surface area contributed by atoms with Crippen LogP contribution in [0.4, 0.5) is 0 Å². The van der Waals surface area contributed by atoms with E-state index in [-0.39, 0.29) is 48.9 Å². The number of aromatic nitrogens is 1. The number of allylic oxidation sites excluding steroid dienone is 2. The minimum Gasteiger partial charge on any atom is -0.512 e. The maximum absolute atomic E-state index is 11.7. The average Bonchev–Trinajstić information content (AvgIpc) is 3.07. The number of nitrogens with zero attached hydrogens (tertiary/aromatic N) is 1. The molecule has 0 atom stereocenters. The summed E-state index contributed by atoms with van der Waals surface area (Å²) >= 11 is 0. The van der Waals surface area contributed by atoms with Gasteiger partial charge in [0.25, 0.3) is 0 Å². The fourth-order valence-electron chi connectivity index (χ4n) is 7.31. The quantitative estimate of drug-likeness (QED) is 0.0757. The predicted octanol–water partition coefficient (Wildman–Crippen LogP) is 11.7. The normalized spacial score (nSPS) is 13.5. The van der Waals surface area contributed by atoms with E-state index in [1.165, 1.54) is 54.9 Å². The molecule has 7 rings (SSSR count). The Morgan fingerprint density at radius 1 is 0.766 bits per heavy atom. The van der Waals surface area contributed by atoms with Gasteiger partial charge in [0.15, 0.2) is 5.78 Å². The van der Waals surface area contributed by atoms with Crippen molar-refractivity contribution in [2.24, 2.45) is 11.8 Å². The molecule has 0 saturated heterocycles. The van der Waals surface area contributed by atoms with Crippen LogP contribution in [0.5, 0.6) is 0 Å². The molecule has 243 valence electrons. The summed E-state index contributed by atoms with van der Waals surface area (Å²) < 4.78 is 0. The van der Waals surface area contributed by atoms with E-state index in [0.717, 1.165) is 42.3 Å². The first-order chi connectivity index (χ1) is 22.2. The van der Waals surface area contributed by atoms with Gasteiger partial charge < -0.3 is 5.11 Å². The van der Waals surface area contributed by atoms with Crippen LogP contribution < -0.4 is 0 Å². The third kappa shape index (κ3) is 6.15. The van der Waals surface area contributed by atoms with E-state index in [0.29, 0.717) is 0 Å². The molecule has 1 radical (unpaired) electrons. The second-order valence-electron chi connectivity index (χ2n) is 13.2. The maximum Gasteiger partial charge on any atom is 0.162 e. The molecule has 47 heavy (non-hydrogen) atoms. The number of hydrogen-bond acceptors (Lipinski definition) is 3. The van der Waals surface area contributed by atoms with Crippen LogP contribution in [0, 0.1) is 17.9 Å². The fraction of sp³-hybridized carbons (Fsp3) is 0.302. The molecule has 0 spiro atoms. The van der Waals surface area contributed by atoms with Crippen molar-refractivity contribution in [2.45, 2.75) is 72.6 Å². The minimum absolute atomic E-state index is 0. The van der Waals surface area contributed by atoms with Crippen LogP contribution in [0.2, 0.25) is 0 Å². The summed E-state index contributed by atoms with van der Waals surface area (Å²) in [6.07, 6.45) is 6.87. The van der Waals surface area contributed by atoms with Crippen molar-refractivity contribution in [1.29, 1.82) is 0 Å². The summed E-state index contributed by atoms with van der Waals surface area (Å²) in [4.78, 5) is 16.6. The fourth-order valence-corrected chi connectivity index (χ4v) is 7.31. The van der Waals surface area contributed by atoms with E-state index in [1.807, 2.05) is 33.9 Å². The van der Waals surface area contributed by atoms with Crippen LogP contribution in [0.3, 0.4) is 0 Å². The van der Waals surface area contributed by atoms with Crippen molar-refractivity contribution in [2.75, 3.05) is 0 Å². The molecule has 1 aliphatic carbocycles. The van der Waals surface area contributed by atoms with Crippen LogP contribution in [0.1, 0.15) is 78.4 Å². The molecule has 1 aromatic heterocycles. The average molecular weight is 799 g/mol. The Kier molecular flexibility index (Phi) is 10.3. The Morgan fingerprint density at radius 3 is 2.13 bits per heavy atom. The van der Waals surface area contributed by atoms with Crippen molar-refractivity contribution in [3.63, 3.8) is 0 Å². The molecule has 6 aromatic rings. The van der Waals surface area contributed by atoms with Gasteiger partial charge in [-0.15, -0.1) is 23.6 Å². The van der Waals surface area contributed by atoms with Crippen molar-refractivity contribution < 1.29 is 30.0 Å². The SMILES string of the molecule is CC1(C)c2cc3ccccc3[c-]c2-c2nccc3c2c1cc1c2ccccc2ccc31.CCC(CC)C(=O)/C=C(\O)C(CC)CC.[Ir]. The van der Waals surface area contributed by atoms with E-state index < -0.39 is 0 Å². The molecule has 0 amide bonds. The smallest absolute Gasteiger partial charge is 0.162 e. The van der Waals surface area contributed by atoms with Gasteiger partial charge in [0, 0.05) is 49.9 Å². The van der Waals surface area contributed by atoms with E-state index in [4.69, 9.17) is 4.98 Å². The van der Waals surface area contributed by atoms with E-state index >= 15 is 0 Å². The molecule has 4 heteroatoms. The number of carbonyl (C=O) groups is 1. The standard InChI is InChI=1S/C30H20N.C13H24O2.Ir/c1-30(2)26-16-20-9-4-3-8-19(20)15-25(26)29-28-23(13-14-31-29)22-12-11-18-7-5-6-10-21(18)24(22)17-27(28)30;1-5-10(6-2)12(14)9-13(15)11(7-3)8-4;/h3-14,16-17H,1-2H3;9-11,14H,5-8H2,1-4H3;/q-1;;/b;12-9-;. The van der Waals surface area contributed by atoms with E-state index in [9.17, 15) is 9.90 Å². The van der Waals surface area contributed by atoms with E-state index in [1.54, 1.807) is 0 Å². The first-order valence-electron chi connectivity index (χ1n) is 16.9. The molecule has 5 aromatic carbocycles. The predicted molar refractivity (Wildman–Crippen MR) is 195 cm³/mol. The van der Waals surface area contributed by atoms with Gasteiger partial charge in [-0.3, -0.25) is 9.78 Å². The first kappa shape index (κ1) is 34.5. The third-order valence-corrected chi connectivity index (χ3v) is 10.2. The summed E-state index contributed by atoms with van der Waals surface area (Å²) in [5, 5.41) is 19.9. The number of carbonyl (C=O) groups excluding carboxylic acids is 1. The number of benzene rings is 5. The number of pyridine rings is 1. The summed E-state index contributed by atoms with van der Waals surface area (Å²) in [5.74, 6) is 0.547. The monoisotopic (exact) mass is 799 g/mol. The molecule has 0 fully saturated rings. The second-order valence-corrected chi connectivity index (χ2v) is 13.2. The molecule has 0 unspecified atom stereocenters. The zero-order chi connectivity index (χ0) is 32.6. The Labute approximate surface area is 292 Å². The van der Waals surface area contributed by atoms with Gasteiger partial charge in [-0.1, -0.05) is 119 Å². The Morgan fingerprint density at radius 2 is 1.43 bits per heavy atom. The van der Waals surface area contributed by atoms with Crippen molar-refractivity contribution >= 4 is 48.9 Å². The Bertz CT molecular complexity index is 2120. The van der Waals surface area contributed by atoms with Crippen molar-refractivity contribution in [3.8, 4) is 11.3 Å². The zero-order valence-corrected chi connectivity index (χ0v) is 30.7. The first-order valence-corrected chi connectivity index (χ1v) is 16.9. The van der Waals surface area contributed by atoms with Gasteiger partial charge in [0.1, 0.15) is 0 Å². The van der Waals surface area contributed by atoms with Crippen LogP contribution in [0.15, 0.2) is 96.9 Å². The molecule has 0 saturated carbocycles. The molecule has 0 aliphatic heterocycles. The molecule has 1 heterocycles. The third-order valence-electron chi connectivity index (χ3n) is 10.2. The van der Waals surface area contributed by atoms with Crippen LogP contribution in [-0.2, 0) is 30.3 Å². The number of aliphatic hydroxyl groups excluding tert-OH is 1. The summed E-state index contributed by atoms with van der Waals surface area (Å²) in [7, 11) is 0. The van der Waals surface area contributed by atoms with Gasteiger partial charge in [-0.25, -0.2) is 0 Å². The topological polar surface area (TPSA) is 50.2 Å². The number of rotatable bonds is 7. The van der Waals surface area contributed by atoms with Crippen LogP contribution >= 0.6 is 0 Å². The molecule has 3 nitrogen and oxygen atoms in total.